The van der Waals surface area contributed by atoms with Gasteiger partial charge < -0.3 is 9.47 Å². The van der Waals surface area contributed by atoms with Crippen molar-refractivity contribution in [2.45, 2.75) is 6.92 Å². The normalized spacial score (nSPS) is 16.7. The number of fused-ring (bicyclic) bond motifs is 1. The van der Waals surface area contributed by atoms with Gasteiger partial charge in [-0.2, -0.15) is 0 Å². The maximum absolute atomic E-state index is 11.4. The standard InChI is InChI=1S/C11H7O4/c1-7(14-6-12)10-8-4-2-3-5-9(8)11(13)15-10/h2-5H,1H3. The largest absolute Gasteiger partial charge is 0.423 e. The molecule has 1 radical (unpaired) electrons. The highest BCUT2D eigenvalue weighted by Gasteiger charge is 2.28. The molecular formula is C11H7O4. The van der Waals surface area contributed by atoms with Gasteiger partial charge >= 0.3 is 12.4 Å². The lowest BCUT2D eigenvalue weighted by Crippen LogP contribution is -1.94. The Morgan fingerprint density at radius 2 is 2.00 bits per heavy atom. The number of hydrogen-bond acceptors (Lipinski definition) is 4. The molecule has 2 rings (SSSR count). The van der Waals surface area contributed by atoms with Gasteiger partial charge in [-0.15, -0.1) is 0 Å². The van der Waals surface area contributed by atoms with Crippen LogP contribution in [-0.2, 0) is 14.3 Å². The van der Waals surface area contributed by atoms with E-state index in [1.165, 1.54) is 13.4 Å². The van der Waals surface area contributed by atoms with Crippen molar-refractivity contribution in [3.05, 3.63) is 41.2 Å². The molecule has 1 aliphatic rings. The molecule has 0 atom stereocenters. The third-order valence-corrected chi connectivity index (χ3v) is 2.10. The van der Waals surface area contributed by atoms with Gasteiger partial charge in [-0.3, -0.25) is 0 Å². The molecule has 0 bridgehead atoms. The molecule has 0 aromatic heterocycles. The summed E-state index contributed by atoms with van der Waals surface area (Å²) >= 11 is 0. The van der Waals surface area contributed by atoms with E-state index in [2.05, 4.69) is 4.74 Å². The van der Waals surface area contributed by atoms with E-state index in [4.69, 9.17) is 4.74 Å². The third kappa shape index (κ3) is 1.50. The molecule has 4 nitrogen and oxygen atoms in total. The molecule has 1 heterocycles. The number of cyclic esters (lactones) is 1. The van der Waals surface area contributed by atoms with E-state index in [1.807, 2.05) is 0 Å². The van der Waals surface area contributed by atoms with E-state index in [9.17, 15) is 9.59 Å². The lowest BCUT2D eigenvalue weighted by atomic mass is 10.1. The Bertz CT molecular complexity index is 459. The number of hydrogen-bond donors (Lipinski definition) is 0. The van der Waals surface area contributed by atoms with Crippen LogP contribution in [0.25, 0.3) is 5.76 Å². The van der Waals surface area contributed by atoms with Gasteiger partial charge in [0.2, 0.25) is 0 Å². The smallest absolute Gasteiger partial charge is 0.419 e. The highest BCUT2D eigenvalue weighted by Crippen LogP contribution is 2.31. The first-order valence-electron chi connectivity index (χ1n) is 4.30. The van der Waals surface area contributed by atoms with Crippen LogP contribution in [0, 0.1) is 0 Å². The first-order chi connectivity index (χ1) is 7.24. The molecule has 0 N–H and O–H groups in total. The van der Waals surface area contributed by atoms with Crippen molar-refractivity contribution in [1.29, 1.82) is 0 Å². The van der Waals surface area contributed by atoms with Gasteiger partial charge in [0.25, 0.3) is 0 Å². The molecule has 0 amide bonds. The quantitative estimate of drug-likeness (QED) is 0.541. The predicted molar refractivity (Wildman–Crippen MR) is 51.2 cm³/mol. The van der Waals surface area contributed by atoms with Crippen LogP contribution in [0.5, 0.6) is 0 Å². The number of benzene rings is 1. The topological polar surface area (TPSA) is 52.6 Å². The summed E-state index contributed by atoms with van der Waals surface area (Å²) in [6.45, 7) is 2.83. The first-order valence-corrected chi connectivity index (χ1v) is 4.30. The van der Waals surface area contributed by atoms with Crippen LogP contribution >= 0.6 is 0 Å². The fourth-order valence-corrected chi connectivity index (χ4v) is 1.43. The Morgan fingerprint density at radius 3 is 2.67 bits per heavy atom. The van der Waals surface area contributed by atoms with Crippen molar-refractivity contribution in [2.75, 3.05) is 0 Å². The van der Waals surface area contributed by atoms with Crippen LogP contribution in [0.1, 0.15) is 22.8 Å². The number of esters is 1. The Kier molecular flexibility index (Phi) is 2.25. The molecule has 0 aliphatic carbocycles. The summed E-state index contributed by atoms with van der Waals surface area (Å²) in [5.74, 6) is 0.0664. The number of ether oxygens (including phenoxy) is 2. The summed E-state index contributed by atoms with van der Waals surface area (Å²) in [5.41, 5.74) is 1.11. The van der Waals surface area contributed by atoms with Crippen LogP contribution in [-0.4, -0.2) is 12.4 Å². The molecule has 0 fully saturated rings. The van der Waals surface area contributed by atoms with Crippen LogP contribution in [0.3, 0.4) is 0 Å². The van der Waals surface area contributed by atoms with Gasteiger partial charge in [-0.05, 0) is 13.0 Å². The van der Waals surface area contributed by atoms with Crippen LogP contribution < -0.4 is 0 Å². The Hall–Kier alpha value is -2.10. The summed E-state index contributed by atoms with van der Waals surface area (Å²) in [6.07, 6.45) is 0. The molecule has 1 aliphatic heterocycles. The summed E-state index contributed by atoms with van der Waals surface area (Å²) in [4.78, 5) is 21.4. The van der Waals surface area contributed by atoms with Gasteiger partial charge in [0, 0.05) is 5.56 Å². The molecule has 15 heavy (non-hydrogen) atoms. The average Bonchev–Trinajstić information content (AvgIpc) is 2.58. The second kappa shape index (κ2) is 3.57. The zero-order valence-corrected chi connectivity index (χ0v) is 7.94. The molecule has 1 aromatic carbocycles. The molecule has 0 unspecified atom stereocenters. The van der Waals surface area contributed by atoms with Gasteiger partial charge in [0.15, 0.2) is 5.76 Å². The minimum Gasteiger partial charge on any atom is -0.419 e. The van der Waals surface area contributed by atoms with E-state index in [0.29, 0.717) is 11.1 Å². The Morgan fingerprint density at radius 1 is 1.33 bits per heavy atom. The van der Waals surface area contributed by atoms with E-state index < -0.39 is 5.97 Å². The first kappa shape index (κ1) is 9.45. The number of allylic oxidation sites excluding steroid dienone is 1. The third-order valence-electron chi connectivity index (χ3n) is 2.10. The molecular weight excluding hydrogens is 196 g/mol. The van der Waals surface area contributed by atoms with Gasteiger partial charge in [0.05, 0.1) is 5.56 Å². The van der Waals surface area contributed by atoms with E-state index in [-0.39, 0.29) is 11.5 Å². The van der Waals surface area contributed by atoms with Crippen LogP contribution in [0.4, 0.5) is 0 Å². The molecule has 0 saturated heterocycles. The van der Waals surface area contributed by atoms with E-state index in [0.717, 1.165) is 0 Å². The zero-order chi connectivity index (χ0) is 10.8. The van der Waals surface area contributed by atoms with Crippen molar-refractivity contribution in [3.63, 3.8) is 0 Å². The summed E-state index contributed by atoms with van der Waals surface area (Å²) in [6, 6.07) is 6.90. The fraction of sp³-hybridized carbons (Fsp3) is 0.0909. The summed E-state index contributed by atoms with van der Waals surface area (Å²) in [7, 11) is 0. The Balaban J connectivity index is 2.53. The minimum absolute atomic E-state index is 0.225. The number of carbonyl (C=O) groups is 1. The maximum Gasteiger partial charge on any atom is 0.423 e. The van der Waals surface area contributed by atoms with E-state index in [1.54, 1.807) is 24.3 Å². The number of rotatable bonds is 2. The molecule has 0 saturated carbocycles. The second-order valence-electron chi connectivity index (χ2n) is 3.01. The highest BCUT2D eigenvalue weighted by atomic mass is 16.6. The SMILES string of the molecule is CC(O[C]=O)=C1OC(=O)c2ccccc21. The molecule has 1 aromatic rings. The van der Waals surface area contributed by atoms with Crippen molar-refractivity contribution in [1.82, 2.24) is 0 Å². The monoisotopic (exact) mass is 203 g/mol. The highest BCUT2D eigenvalue weighted by molar-refractivity contribution is 6.03. The van der Waals surface area contributed by atoms with Gasteiger partial charge in [0.1, 0.15) is 5.76 Å². The van der Waals surface area contributed by atoms with Crippen molar-refractivity contribution >= 4 is 18.2 Å². The minimum atomic E-state index is -0.436. The van der Waals surface area contributed by atoms with Crippen LogP contribution in [0.15, 0.2) is 30.0 Å². The van der Waals surface area contributed by atoms with Crippen LogP contribution in [0.2, 0.25) is 0 Å². The molecule has 75 valence electrons. The van der Waals surface area contributed by atoms with Crippen molar-refractivity contribution in [3.8, 4) is 0 Å². The summed E-state index contributed by atoms with van der Waals surface area (Å²) < 4.78 is 9.51. The van der Waals surface area contributed by atoms with Gasteiger partial charge in [-0.25, -0.2) is 9.59 Å². The number of carbonyl (C=O) groups excluding carboxylic acids is 2. The lowest BCUT2D eigenvalue weighted by Gasteiger charge is -2.01. The average molecular weight is 203 g/mol. The molecule has 4 heteroatoms. The Labute approximate surface area is 86.1 Å². The fourth-order valence-electron chi connectivity index (χ4n) is 1.43. The van der Waals surface area contributed by atoms with Crippen molar-refractivity contribution in [2.24, 2.45) is 0 Å². The lowest BCUT2D eigenvalue weighted by molar-refractivity contribution is 0.0709. The summed E-state index contributed by atoms with van der Waals surface area (Å²) in [5, 5.41) is 0. The second-order valence-corrected chi connectivity index (χ2v) is 3.01. The predicted octanol–water partition coefficient (Wildman–Crippen LogP) is 1.63. The van der Waals surface area contributed by atoms with Crippen molar-refractivity contribution < 1.29 is 19.1 Å². The zero-order valence-electron chi connectivity index (χ0n) is 7.94. The van der Waals surface area contributed by atoms with E-state index >= 15 is 0 Å². The molecule has 0 spiro atoms. The maximum atomic E-state index is 11.4. The van der Waals surface area contributed by atoms with Gasteiger partial charge in [-0.1, -0.05) is 18.2 Å².